The lowest BCUT2D eigenvalue weighted by molar-refractivity contribution is -0.670. The van der Waals surface area contributed by atoms with Crippen molar-refractivity contribution in [3.05, 3.63) is 31.4 Å². The molecule has 20 heavy (non-hydrogen) atoms. The van der Waals surface area contributed by atoms with E-state index in [1.165, 1.54) is 4.57 Å². The molecule has 1 fully saturated rings. The zero-order chi connectivity index (χ0) is 14.0. The highest BCUT2D eigenvalue weighted by Crippen LogP contribution is 2.45. The van der Waals surface area contributed by atoms with Gasteiger partial charge in [0, 0.05) is 5.92 Å². The number of hydrogen-bond acceptors (Lipinski definition) is 3. The van der Waals surface area contributed by atoms with Gasteiger partial charge in [0.05, 0.1) is 13.7 Å². The van der Waals surface area contributed by atoms with Gasteiger partial charge in [-0.2, -0.15) is 4.57 Å². The van der Waals surface area contributed by atoms with Gasteiger partial charge in [-0.3, -0.25) is 0 Å². The number of hydrogen-bond donors (Lipinski definition) is 1. The molecule has 0 unspecified atom stereocenters. The Bertz CT molecular complexity index is 529. The van der Waals surface area contributed by atoms with Gasteiger partial charge in [0.15, 0.2) is 0 Å². The lowest BCUT2D eigenvalue weighted by atomic mass is 10.2. The molecule has 2 rings (SSSR count). The molecule has 1 N–H and O–H groups in total. The normalized spacial score (nSPS) is 23.4. The number of carbonyl (C=O) groups excluding carboxylic acids is 2. The topological polar surface area (TPSA) is 64.2 Å². The lowest BCUT2D eigenvalue weighted by Crippen LogP contribution is -3.00. The molecule has 1 aliphatic rings. The van der Waals surface area contributed by atoms with Crippen LogP contribution in [0.15, 0.2) is 31.4 Å². The standard InChI is InChI=1S/C13H17N3O3.HI/c1-4-10-8-13(10,11(17)19-5-2)14-12(18)16-7-6-15(3)9-16;/h4,6-7,9-10H,1,5,8H2,2-3H3;1H/t10-,13-;/m1./s1. The van der Waals surface area contributed by atoms with E-state index in [0.29, 0.717) is 13.0 Å². The highest BCUT2D eigenvalue weighted by Gasteiger charge is 2.61. The van der Waals surface area contributed by atoms with Gasteiger partial charge in [-0.05, 0) is 13.3 Å². The second-order valence-corrected chi connectivity index (χ2v) is 4.65. The zero-order valence-corrected chi connectivity index (χ0v) is 13.7. The molecular formula is C13H18IN3O3. The summed E-state index contributed by atoms with van der Waals surface area (Å²) in [5.41, 5.74) is -0.947. The van der Waals surface area contributed by atoms with Crippen LogP contribution in [0, 0.1) is 5.92 Å². The van der Waals surface area contributed by atoms with E-state index in [1.807, 2.05) is 7.05 Å². The number of imidazole rings is 1. The summed E-state index contributed by atoms with van der Waals surface area (Å²) in [5, 5.41) is 2.75. The summed E-state index contributed by atoms with van der Waals surface area (Å²) >= 11 is 0. The molecule has 0 radical (unpaired) electrons. The van der Waals surface area contributed by atoms with Gasteiger partial charge in [0.1, 0.15) is 17.9 Å². The minimum Gasteiger partial charge on any atom is -1.00 e. The van der Waals surface area contributed by atoms with E-state index in [2.05, 4.69) is 11.9 Å². The summed E-state index contributed by atoms with van der Waals surface area (Å²) in [7, 11) is 1.81. The maximum Gasteiger partial charge on any atom is 0.414 e. The Morgan fingerprint density at radius 3 is 2.80 bits per heavy atom. The van der Waals surface area contributed by atoms with Crippen molar-refractivity contribution in [2.75, 3.05) is 6.61 Å². The van der Waals surface area contributed by atoms with E-state index in [0.717, 1.165) is 0 Å². The predicted molar refractivity (Wildman–Crippen MR) is 67.2 cm³/mol. The first-order valence-corrected chi connectivity index (χ1v) is 6.19. The Kier molecular flexibility index (Phi) is 5.32. The van der Waals surface area contributed by atoms with Gasteiger partial charge in [-0.25, -0.2) is 14.2 Å². The number of nitrogens with one attached hydrogen (secondary N) is 1. The number of aryl methyl sites for hydroxylation is 1. The van der Waals surface area contributed by atoms with E-state index < -0.39 is 11.5 Å². The monoisotopic (exact) mass is 391 g/mol. The Morgan fingerprint density at radius 1 is 1.65 bits per heavy atom. The first kappa shape index (κ1) is 16.7. The molecule has 6 nitrogen and oxygen atoms in total. The van der Waals surface area contributed by atoms with Gasteiger partial charge in [0.25, 0.3) is 6.33 Å². The fourth-order valence-electron chi connectivity index (χ4n) is 2.09. The van der Waals surface area contributed by atoms with Gasteiger partial charge in [-0.1, -0.05) is 6.08 Å². The summed E-state index contributed by atoms with van der Waals surface area (Å²) in [6, 6.07) is -0.349. The first-order valence-electron chi connectivity index (χ1n) is 6.19. The molecule has 7 heteroatoms. The SMILES string of the molecule is C=C[C@@H]1C[C@]1(NC(=O)n1cc[n+](C)c1)C(=O)OCC.[I-]. The van der Waals surface area contributed by atoms with Gasteiger partial charge in [0.2, 0.25) is 0 Å². The molecule has 0 aliphatic heterocycles. The predicted octanol–water partition coefficient (Wildman–Crippen LogP) is -2.62. The highest BCUT2D eigenvalue weighted by molar-refractivity contribution is 5.91. The van der Waals surface area contributed by atoms with Gasteiger partial charge in [-0.15, -0.1) is 6.58 Å². The summed E-state index contributed by atoms with van der Waals surface area (Å²) in [4.78, 5) is 24.0. The van der Waals surface area contributed by atoms with Crippen LogP contribution in [0.2, 0.25) is 0 Å². The molecule has 1 saturated carbocycles. The maximum atomic E-state index is 12.1. The minimum atomic E-state index is -0.947. The number of carbonyl (C=O) groups is 2. The van der Waals surface area contributed by atoms with E-state index in [1.54, 1.807) is 36.3 Å². The summed E-state index contributed by atoms with van der Waals surface area (Å²) < 4.78 is 8.16. The average molecular weight is 391 g/mol. The molecule has 1 aliphatic carbocycles. The lowest BCUT2D eigenvalue weighted by Gasteiger charge is -2.15. The van der Waals surface area contributed by atoms with Crippen LogP contribution in [0.1, 0.15) is 13.3 Å². The molecular weight excluding hydrogens is 373 g/mol. The highest BCUT2D eigenvalue weighted by atomic mass is 127. The van der Waals surface area contributed by atoms with Crippen molar-refractivity contribution in [1.29, 1.82) is 0 Å². The maximum absolute atomic E-state index is 12.1. The number of nitrogens with zero attached hydrogens (tertiary/aromatic N) is 2. The van der Waals surface area contributed by atoms with Crippen LogP contribution >= 0.6 is 0 Å². The van der Waals surface area contributed by atoms with E-state index in [-0.39, 0.29) is 35.9 Å². The summed E-state index contributed by atoms with van der Waals surface area (Å²) in [6.45, 7) is 5.71. The number of halogens is 1. The van der Waals surface area contributed by atoms with Crippen molar-refractivity contribution in [3.8, 4) is 0 Å². The second kappa shape index (κ2) is 6.38. The fraction of sp³-hybridized carbons (Fsp3) is 0.462. The molecule has 1 aromatic rings. The van der Waals surface area contributed by atoms with E-state index in [4.69, 9.17) is 4.74 Å². The van der Waals surface area contributed by atoms with E-state index >= 15 is 0 Å². The number of esters is 1. The molecule has 1 heterocycles. The third kappa shape index (κ3) is 3.02. The van der Waals surface area contributed by atoms with Crippen molar-refractivity contribution in [2.45, 2.75) is 18.9 Å². The fourth-order valence-corrected chi connectivity index (χ4v) is 2.09. The Morgan fingerprint density at radius 2 is 2.35 bits per heavy atom. The number of rotatable bonds is 4. The van der Waals surface area contributed by atoms with Crippen LogP contribution in [-0.4, -0.2) is 28.7 Å². The smallest absolute Gasteiger partial charge is 0.414 e. The minimum absolute atomic E-state index is 0. The molecule has 0 bridgehead atoms. The molecule has 1 amide bonds. The molecule has 0 aromatic carbocycles. The first-order chi connectivity index (χ1) is 9.03. The number of ether oxygens (including phenoxy) is 1. The van der Waals surface area contributed by atoms with Crippen LogP contribution in [0.4, 0.5) is 4.79 Å². The van der Waals surface area contributed by atoms with Crippen LogP contribution in [-0.2, 0) is 16.6 Å². The van der Waals surface area contributed by atoms with Crippen molar-refractivity contribution < 1.29 is 42.9 Å². The van der Waals surface area contributed by atoms with Crippen LogP contribution in [0.3, 0.4) is 0 Å². The van der Waals surface area contributed by atoms with Crippen molar-refractivity contribution in [3.63, 3.8) is 0 Å². The largest absolute Gasteiger partial charge is 1.00 e. The van der Waals surface area contributed by atoms with E-state index in [9.17, 15) is 9.59 Å². The third-order valence-corrected chi connectivity index (χ3v) is 3.27. The van der Waals surface area contributed by atoms with Crippen LogP contribution in [0.5, 0.6) is 0 Å². The molecule has 1 aromatic heterocycles. The zero-order valence-electron chi connectivity index (χ0n) is 11.5. The molecule has 0 spiro atoms. The number of amides is 1. The summed E-state index contributed by atoms with van der Waals surface area (Å²) in [6.07, 6.45) is 7.20. The van der Waals surface area contributed by atoms with Crippen molar-refractivity contribution >= 4 is 12.0 Å². The molecule has 110 valence electrons. The third-order valence-electron chi connectivity index (χ3n) is 3.27. The quantitative estimate of drug-likeness (QED) is 0.265. The Labute approximate surface area is 134 Å². The Hall–Kier alpha value is -1.38. The van der Waals surface area contributed by atoms with Gasteiger partial charge >= 0.3 is 12.0 Å². The second-order valence-electron chi connectivity index (χ2n) is 4.65. The average Bonchev–Trinajstić information content (AvgIpc) is 2.92. The van der Waals surface area contributed by atoms with Crippen molar-refractivity contribution in [1.82, 2.24) is 9.88 Å². The Balaban J connectivity index is 0.00000200. The molecule has 2 atom stereocenters. The van der Waals surface area contributed by atoms with Gasteiger partial charge < -0.3 is 34.0 Å². The summed E-state index contributed by atoms with van der Waals surface area (Å²) in [5.74, 6) is -0.468. The van der Waals surface area contributed by atoms with Crippen LogP contribution < -0.4 is 33.9 Å². The van der Waals surface area contributed by atoms with Crippen LogP contribution in [0.25, 0.3) is 0 Å². The van der Waals surface area contributed by atoms with Crippen molar-refractivity contribution in [2.24, 2.45) is 13.0 Å². The number of aromatic nitrogens is 2. The molecule has 0 saturated heterocycles.